The molecule has 0 heterocycles. The van der Waals surface area contributed by atoms with Crippen molar-refractivity contribution in [2.75, 3.05) is 18.9 Å². The van der Waals surface area contributed by atoms with Gasteiger partial charge in [0.2, 0.25) is 5.91 Å². The highest BCUT2D eigenvalue weighted by molar-refractivity contribution is 7.84. The van der Waals surface area contributed by atoms with Gasteiger partial charge in [-0.25, -0.2) is 4.39 Å². The molecule has 6 heteroatoms. The maximum absolute atomic E-state index is 12.7. The number of carbonyl (C=O) groups is 1. The van der Waals surface area contributed by atoms with Crippen LogP contribution < -0.4 is 5.32 Å². The van der Waals surface area contributed by atoms with Gasteiger partial charge in [0, 0.05) is 29.7 Å². The number of hydrogen-bond donors (Lipinski definition) is 1. The molecule has 1 rings (SSSR count). The molecule has 0 aliphatic heterocycles. The Hall–Kier alpha value is -1.27. The summed E-state index contributed by atoms with van der Waals surface area (Å²) < 4.78 is 29.9. The van der Waals surface area contributed by atoms with Crippen LogP contribution in [0.3, 0.4) is 0 Å². The van der Waals surface area contributed by atoms with E-state index in [2.05, 4.69) is 5.32 Å². The van der Waals surface area contributed by atoms with Gasteiger partial charge < -0.3 is 10.1 Å². The lowest BCUT2D eigenvalue weighted by molar-refractivity contribution is -0.118. The van der Waals surface area contributed by atoms with Gasteiger partial charge in [0.05, 0.1) is 6.10 Å². The Morgan fingerprint density at radius 1 is 1.33 bits per heavy atom. The molecule has 118 valence electrons. The van der Waals surface area contributed by atoms with Gasteiger partial charge in [0.25, 0.3) is 0 Å². The molecule has 0 aromatic heterocycles. The fourth-order valence-electron chi connectivity index (χ4n) is 1.63. The molecule has 0 saturated carbocycles. The smallest absolute Gasteiger partial charge is 0.232 e. The summed E-state index contributed by atoms with van der Waals surface area (Å²) in [5.74, 6) is -0.349. The molecule has 1 amide bonds. The summed E-state index contributed by atoms with van der Waals surface area (Å²) in [6.45, 7) is 5.02. The lowest BCUT2D eigenvalue weighted by atomic mass is 10.2. The van der Waals surface area contributed by atoms with Crippen LogP contribution in [0.4, 0.5) is 4.39 Å². The predicted octanol–water partition coefficient (Wildman–Crippen LogP) is 2.01. The second-order valence-electron chi connectivity index (χ2n) is 4.98. The maximum atomic E-state index is 12.7. The van der Waals surface area contributed by atoms with Crippen molar-refractivity contribution in [3.8, 4) is 0 Å². The van der Waals surface area contributed by atoms with Crippen LogP contribution in [0, 0.1) is 5.82 Å². The Morgan fingerprint density at radius 2 is 2.00 bits per heavy atom. The first-order valence-corrected chi connectivity index (χ1v) is 8.44. The summed E-state index contributed by atoms with van der Waals surface area (Å²) in [5, 5.41) is 2.71. The first kappa shape index (κ1) is 17.8. The molecule has 0 fully saturated rings. The first-order chi connectivity index (χ1) is 9.97. The number of rotatable bonds is 9. The summed E-state index contributed by atoms with van der Waals surface area (Å²) in [6.07, 6.45) is 0.915. The minimum absolute atomic E-state index is 0.0393. The van der Waals surface area contributed by atoms with Crippen LogP contribution >= 0.6 is 0 Å². The second-order valence-corrected chi connectivity index (χ2v) is 6.44. The summed E-state index contributed by atoms with van der Waals surface area (Å²) >= 11 is 0. The predicted molar refractivity (Wildman–Crippen MR) is 81.8 cm³/mol. The minimum atomic E-state index is -1.29. The SMILES string of the molecule is CC(C)OCCCNC(=O)CS(=O)Cc1ccc(F)cc1. The van der Waals surface area contributed by atoms with Gasteiger partial charge in [0.15, 0.2) is 0 Å². The molecule has 1 unspecified atom stereocenters. The van der Waals surface area contributed by atoms with Crippen LogP contribution in [-0.2, 0) is 26.1 Å². The molecule has 0 radical (unpaired) electrons. The van der Waals surface area contributed by atoms with Gasteiger partial charge in [-0.1, -0.05) is 12.1 Å². The fraction of sp³-hybridized carbons (Fsp3) is 0.533. The molecule has 0 spiro atoms. The molecular formula is C15H22FNO3S. The third-order valence-corrected chi connectivity index (χ3v) is 3.87. The van der Waals surface area contributed by atoms with E-state index >= 15 is 0 Å². The maximum Gasteiger partial charge on any atom is 0.232 e. The molecule has 21 heavy (non-hydrogen) atoms. The Bertz CT molecular complexity index is 462. The van der Waals surface area contributed by atoms with E-state index in [1.54, 1.807) is 12.1 Å². The van der Waals surface area contributed by atoms with Crippen molar-refractivity contribution in [2.45, 2.75) is 32.1 Å². The molecule has 1 atom stereocenters. The molecule has 0 aliphatic rings. The van der Waals surface area contributed by atoms with E-state index in [1.807, 2.05) is 13.8 Å². The van der Waals surface area contributed by atoms with E-state index in [4.69, 9.17) is 4.74 Å². The molecule has 4 nitrogen and oxygen atoms in total. The van der Waals surface area contributed by atoms with E-state index in [0.717, 1.165) is 12.0 Å². The highest BCUT2D eigenvalue weighted by Crippen LogP contribution is 2.05. The van der Waals surface area contributed by atoms with Crippen molar-refractivity contribution in [3.05, 3.63) is 35.6 Å². The molecule has 0 aliphatic carbocycles. The number of ether oxygens (including phenoxy) is 1. The number of amides is 1. The van der Waals surface area contributed by atoms with Crippen LogP contribution in [0.5, 0.6) is 0 Å². The van der Waals surface area contributed by atoms with Gasteiger partial charge >= 0.3 is 0 Å². The van der Waals surface area contributed by atoms with E-state index in [1.165, 1.54) is 12.1 Å². The molecule has 0 saturated heterocycles. The summed E-state index contributed by atoms with van der Waals surface area (Å²) in [4.78, 5) is 11.6. The lowest BCUT2D eigenvalue weighted by Crippen LogP contribution is -2.30. The monoisotopic (exact) mass is 315 g/mol. The van der Waals surface area contributed by atoms with Gasteiger partial charge in [-0.05, 0) is 38.0 Å². The van der Waals surface area contributed by atoms with Gasteiger partial charge in [-0.15, -0.1) is 0 Å². The highest BCUT2D eigenvalue weighted by atomic mass is 32.2. The summed E-state index contributed by atoms with van der Waals surface area (Å²) in [6, 6.07) is 5.80. The number of nitrogens with one attached hydrogen (secondary N) is 1. The third-order valence-electron chi connectivity index (χ3n) is 2.63. The minimum Gasteiger partial charge on any atom is -0.379 e. The number of benzene rings is 1. The Morgan fingerprint density at radius 3 is 2.62 bits per heavy atom. The molecule has 0 bridgehead atoms. The van der Waals surface area contributed by atoms with Crippen LogP contribution in [0.15, 0.2) is 24.3 Å². The van der Waals surface area contributed by atoms with Crippen molar-refractivity contribution < 1.29 is 18.1 Å². The Kier molecular flexibility index (Phi) is 8.15. The third kappa shape index (κ3) is 8.57. The van der Waals surface area contributed by atoms with Crippen LogP contribution in [0.1, 0.15) is 25.8 Å². The van der Waals surface area contributed by atoms with Gasteiger partial charge in [-0.3, -0.25) is 9.00 Å². The second kappa shape index (κ2) is 9.63. The molecular weight excluding hydrogens is 293 g/mol. The average molecular weight is 315 g/mol. The zero-order valence-electron chi connectivity index (χ0n) is 12.4. The zero-order chi connectivity index (χ0) is 15.7. The molecule has 1 aromatic carbocycles. The number of halogens is 1. The van der Waals surface area contributed by atoms with Gasteiger partial charge in [0.1, 0.15) is 11.6 Å². The number of carbonyl (C=O) groups excluding carboxylic acids is 1. The number of hydrogen-bond acceptors (Lipinski definition) is 3. The Balaban J connectivity index is 2.18. The topological polar surface area (TPSA) is 55.4 Å². The van der Waals surface area contributed by atoms with Crippen molar-refractivity contribution >= 4 is 16.7 Å². The largest absolute Gasteiger partial charge is 0.379 e. The lowest BCUT2D eigenvalue weighted by Gasteiger charge is -2.08. The normalized spacial score (nSPS) is 12.4. The Labute approximate surface area is 127 Å². The van der Waals surface area contributed by atoms with Crippen LogP contribution in [-0.4, -0.2) is 35.1 Å². The fourth-order valence-corrected chi connectivity index (χ4v) is 2.69. The van der Waals surface area contributed by atoms with E-state index in [9.17, 15) is 13.4 Å². The van der Waals surface area contributed by atoms with E-state index in [-0.39, 0.29) is 29.3 Å². The van der Waals surface area contributed by atoms with E-state index < -0.39 is 10.8 Å². The van der Waals surface area contributed by atoms with Crippen molar-refractivity contribution in [1.29, 1.82) is 0 Å². The summed E-state index contributed by atoms with van der Waals surface area (Å²) in [7, 11) is -1.29. The van der Waals surface area contributed by atoms with Gasteiger partial charge in [-0.2, -0.15) is 0 Å². The summed E-state index contributed by atoms with van der Waals surface area (Å²) in [5.41, 5.74) is 0.757. The zero-order valence-corrected chi connectivity index (χ0v) is 13.2. The van der Waals surface area contributed by atoms with Crippen molar-refractivity contribution in [2.24, 2.45) is 0 Å². The standard InChI is InChI=1S/C15H22FNO3S/c1-12(2)20-9-3-8-17-15(18)11-21(19)10-13-4-6-14(16)7-5-13/h4-7,12H,3,8-11H2,1-2H3,(H,17,18). The highest BCUT2D eigenvalue weighted by Gasteiger charge is 2.08. The first-order valence-electron chi connectivity index (χ1n) is 6.95. The van der Waals surface area contributed by atoms with Crippen molar-refractivity contribution in [3.63, 3.8) is 0 Å². The van der Waals surface area contributed by atoms with E-state index in [0.29, 0.717) is 13.2 Å². The van der Waals surface area contributed by atoms with Crippen LogP contribution in [0.25, 0.3) is 0 Å². The average Bonchev–Trinajstić information content (AvgIpc) is 2.40. The molecule has 1 aromatic rings. The quantitative estimate of drug-likeness (QED) is 0.709. The van der Waals surface area contributed by atoms with Crippen LogP contribution in [0.2, 0.25) is 0 Å². The molecule has 1 N–H and O–H groups in total. The van der Waals surface area contributed by atoms with Crippen molar-refractivity contribution in [1.82, 2.24) is 5.32 Å².